The van der Waals surface area contributed by atoms with Gasteiger partial charge in [-0.25, -0.2) is 4.98 Å². The van der Waals surface area contributed by atoms with Crippen LogP contribution in [0.1, 0.15) is 29.5 Å². The standard InChI is InChI=1S/C20H25N5O2S/c1-14(26)24-8-10-25(11-9-24)20-23-17-3-2-16(12-18(17)28-20)19(27)22-13-15-4-6-21-7-5-15/h4-7,16H,2-3,8-13H2,1H3,(H,22,27)/t16-/m1/s1. The molecule has 28 heavy (non-hydrogen) atoms. The van der Waals surface area contributed by atoms with E-state index in [9.17, 15) is 9.59 Å². The molecule has 7 nitrogen and oxygen atoms in total. The van der Waals surface area contributed by atoms with Crippen LogP contribution in [0.15, 0.2) is 24.5 Å². The van der Waals surface area contributed by atoms with E-state index in [1.165, 1.54) is 4.88 Å². The number of aryl methyl sites for hydroxylation is 1. The van der Waals surface area contributed by atoms with Crippen LogP contribution < -0.4 is 10.2 Å². The summed E-state index contributed by atoms with van der Waals surface area (Å²) < 4.78 is 0. The lowest BCUT2D eigenvalue weighted by Crippen LogP contribution is -2.48. The molecule has 2 aliphatic rings. The summed E-state index contributed by atoms with van der Waals surface area (Å²) in [6.45, 7) is 5.31. The van der Waals surface area contributed by atoms with Crippen molar-refractivity contribution in [3.05, 3.63) is 40.7 Å². The number of nitrogens with zero attached hydrogens (tertiary/aromatic N) is 4. The minimum absolute atomic E-state index is 0.0113. The Labute approximate surface area is 168 Å². The van der Waals surface area contributed by atoms with E-state index in [0.29, 0.717) is 6.54 Å². The second-order valence-corrected chi connectivity index (χ2v) is 8.43. The van der Waals surface area contributed by atoms with Crippen molar-refractivity contribution < 1.29 is 9.59 Å². The van der Waals surface area contributed by atoms with Gasteiger partial charge in [-0.05, 0) is 37.0 Å². The molecule has 4 rings (SSSR count). The Hall–Kier alpha value is -2.48. The molecule has 1 aliphatic carbocycles. The van der Waals surface area contributed by atoms with Crippen molar-refractivity contribution in [2.45, 2.75) is 32.7 Å². The van der Waals surface area contributed by atoms with Gasteiger partial charge in [0, 0.05) is 62.8 Å². The van der Waals surface area contributed by atoms with E-state index in [-0.39, 0.29) is 17.7 Å². The van der Waals surface area contributed by atoms with Crippen LogP contribution >= 0.6 is 11.3 Å². The number of thiazole rings is 1. The van der Waals surface area contributed by atoms with Gasteiger partial charge in [0.1, 0.15) is 0 Å². The van der Waals surface area contributed by atoms with Gasteiger partial charge in [-0.1, -0.05) is 0 Å². The summed E-state index contributed by atoms with van der Waals surface area (Å²) in [6, 6.07) is 3.83. The molecule has 148 valence electrons. The fourth-order valence-corrected chi connectivity index (χ4v) is 5.01. The number of anilines is 1. The molecule has 1 N–H and O–H groups in total. The Morgan fingerprint density at radius 2 is 1.96 bits per heavy atom. The first kappa shape index (κ1) is 18.9. The maximum Gasteiger partial charge on any atom is 0.223 e. The normalized spacial score (nSPS) is 19.2. The first-order chi connectivity index (χ1) is 13.6. The number of rotatable bonds is 4. The van der Waals surface area contributed by atoms with Gasteiger partial charge in [0.25, 0.3) is 0 Å². The number of aromatic nitrogens is 2. The molecule has 1 aliphatic heterocycles. The molecule has 0 bridgehead atoms. The molecule has 1 saturated heterocycles. The predicted molar refractivity (Wildman–Crippen MR) is 108 cm³/mol. The molecule has 0 aromatic carbocycles. The van der Waals surface area contributed by atoms with E-state index in [2.05, 4.69) is 15.2 Å². The van der Waals surface area contributed by atoms with E-state index >= 15 is 0 Å². The molecular weight excluding hydrogens is 374 g/mol. The van der Waals surface area contributed by atoms with Crippen molar-refractivity contribution >= 4 is 28.3 Å². The molecule has 2 aromatic heterocycles. The van der Waals surface area contributed by atoms with Crippen LogP contribution in [0, 0.1) is 5.92 Å². The van der Waals surface area contributed by atoms with Crippen LogP contribution in [0.5, 0.6) is 0 Å². The Balaban J connectivity index is 1.34. The third-order valence-electron chi connectivity index (χ3n) is 5.51. The molecule has 0 saturated carbocycles. The molecular formula is C20H25N5O2S. The first-order valence-electron chi connectivity index (χ1n) is 9.76. The number of hydrogen-bond acceptors (Lipinski definition) is 6. The summed E-state index contributed by atoms with van der Waals surface area (Å²) in [4.78, 5) is 38.3. The topological polar surface area (TPSA) is 78.4 Å². The average Bonchev–Trinajstić information content (AvgIpc) is 3.16. The maximum absolute atomic E-state index is 12.6. The highest BCUT2D eigenvalue weighted by Crippen LogP contribution is 2.34. The number of carbonyl (C=O) groups is 2. The quantitative estimate of drug-likeness (QED) is 0.845. The van der Waals surface area contributed by atoms with Crippen molar-refractivity contribution in [2.75, 3.05) is 31.1 Å². The predicted octanol–water partition coefficient (Wildman–Crippen LogP) is 1.63. The van der Waals surface area contributed by atoms with Gasteiger partial charge in [-0.2, -0.15) is 0 Å². The highest BCUT2D eigenvalue weighted by atomic mass is 32.1. The lowest BCUT2D eigenvalue weighted by atomic mass is 9.90. The van der Waals surface area contributed by atoms with Gasteiger partial charge in [-0.15, -0.1) is 11.3 Å². The van der Waals surface area contributed by atoms with Crippen LogP contribution in [0.2, 0.25) is 0 Å². The fraction of sp³-hybridized carbons (Fsp3) is 0.500. The summed E-state index contributed by atoms with van der Waals surface area (Å²) in [6.07, 6.45) is 5.94. The SMILES string of the molecule is CC(=O)N1CCN(c2nc3c(s2)C[C@H](C(=O)NCc2ccncc2)CC3)CC1. The number of fused-ring (bicyclic) bond motifs is 1. The van der Waals surface area contributed by atoms with Gasteiger partial charge in [0.15, 0.2) is 5.13 Å². The fourth-order valence-electron chi connectivity index (χ4n) is 3.77. The zero-order chi connectivity index (χ0) is 19.5. The van der Waals surface area contributed by atoms with E-state index < -0.39 is 0 Å². The Bertz CT molecular complexity index is 846. The second kappa shape index (κ2) is 8.26. The lowest BCUT2D eigenvalue weighted by molar-refractivity contribution is -0.129. The Morgan fingerprint density at radius 1 is 1.21 bits per heavy atom. The molecule has 8 heteroatoms. The molecule has 1 fully saturated rings. The van der Waals surface area contributed by atoms with Crippen molar-refractivity contribution in [2.24, 2.45) is 5.92 Å². The number of pyridine rings is 1. The van der Waals surface area contributed by atoms with Gasteiger partial charge in [0.2, 0.25) is 11.8 Å². The van der Waals surface area contributed by atoms with Crippen molar-refractivity contribution in [1.82, 2.24) is 20.2 Å². The molecule has 0 radical (unpaired) electrons. The van der Waals surface area contributed by atoms with Crippen molar-refractivity contribution in [1.29, 1.82) is 0 Å². The van der Waals surface area contributed by atoms with Gasteiger partial charge in [0.05, 0.1) is 5.69 Å². The monoisotopic (exact) mass is 399 g/mol. The summed E-state index contributed by atoms with van der Waals surface area (Å²) >= 11 is 1.71. The summed E-state index contributed by atoms with van der Waals surface area (Å²) in [5.41, 5.74) is 2.21. The number of hydrogen-bond donors (Lipinski definition) is 1. The molecule has 0 spiro atoms. The van der Waals surface area contributed by atoms with Crippen molar-refractivity contribution in [3.63, 3.8) is 0 Å². The summed E-state index contributed by atoms with van der Waals surface area (Å²) in [5.74, 6) is 0.267. The average molecular weight is 400 g/mol. The first-order valence-corrected chi connectivity index (χ1v) is 10.6. The molecule has 0 unspecified atom stereocenters. The second-order valence-electron chi connectivity index (χ2n) is 7.37. The largest absolute Gasteiger partial charge is 0.352 e. The molecule has 2 amide bonds. The van der Waals surface area contributed by atoms with Crippen molar-refractivity contribution in [3.8, 4) is 0 Å². The van der Waals surface area contributed by atoms with Gasteiger partial charge in [-0.3, -0.25) is 14.6 Å². The van der Waals surface area contributed by atoms with Crippen LogP contribution in [0.3, 0.4) is 0 Å². The van der Waals surface area contributed by atoms with E-state index in [1.54, 1.807) is 30.7 Å². The lowest BCUT2D eigenvalue weighted by Gasteiger charge is -2.33. The smallest absolute Gasteiger partial charge is 0.223 e. The summed E-state index contributed by atoms with van der Waals surface area (Å²) in [5, 5.41) is 4.09. The Kier molecular flexibility index (Phi) is 5.57. The van der Waals surface area contributed by atoms with Crippen LogP contribution in [0.25, 0.3) is 0 Å². The number of carbonyl (C=O) groups excluding carboxylic acids is 2. The maximum atomic E-state index is 12.6. The highest BCUT2D eigenvalue weighted by molar-refractivity contribution is 7.15. The van der Waals surface area contributed by atoms with E-state index in [4.69, 9.17) is 4.98 Å². The summed E-state index contributed by atoms with van der Waals surface area (Å²) in [7, 11) is 0. The zero-order valence-electron chi connectivity index (χ0n) is 16.1. The number of amides is 2. The minimum atomic E-state index is 0.0113. The van der Waals surface area contributed by atoms with Crippen LogP contribution in [-0.2, 0) is 29.0 Å². The van der Waals surface area contributed by atoms with Gasteiger partial charge >= 0.3 is 0 Å². The third kappa shape index (κ3) is 4.16. The van der Waals surface area contributed by atoms with E-state index in [0.717, 1.165) is 61.8 Å². The number of piperazine rings is 1. The minimum Gasteiger partial charge on any atom is -0.352 e. The zero-order valence-corrected chi connectivity index (χ0v) is 16.9. The van der Waals surface area contributed by atoms with E-state index in [1.807, 2.05) is 17.0 Å². The molecule has 3 heterocycles. The Morgan fingerprint density at radius 3 is 2.68 bits per heavy atom. The van der Waals surface area contributed by atoms with Gasteiger partial charge < -0.3 is 15.1 Å². The molecule has 2 aromatic rings. The van der Waals surface area contributed by atoms with Crippen LogP contribution in [0.4, 0.5) is 5.13 Å². The number of nitrogens with one attached hydrogen (secondary N) is 1. The third-order valence-corrected chi connectivity index (χ3v) is 6.69. The van der Waals surface area contributed by atoms with Crippen LogP contribution in [-0.4, -0.2) is 52.9 Å². The molecule has 1 atom stereocenters. The highest BCUT2D eigenvalue weighted by Gasteiger charge is 2.29.